The standard InChI is InChI=1S/C10H18.C2H6.H2S/c1-8(2)10-6-4-9(3)5-7-10;1-2;/h9H,4-7H2,1-3H3;1-2H3;1H2. The molecule has 0 N–H and O–H groups in total. The fraction of sp³-hybridized carbons (Fsp3) is 0.833. The van der Waals surface area contributed by atoms with Gasteiger partial charge in [-0.1, -0.05) is 31.9 Å². The van der Waals surface area contributed by atoms with Crippen molar-refractivity contribution in [1.82, 2.24) is 0 Å². The second-order valence-electron chi connectivity index (χ2n) is 3.79. The Labute approximate surface area is 91.3 Å². The molecule has 1 rings (SSSR count). The number of allylic oxidation sites excluding steroid dienone is 2. The minimum Gasteiger partial charge on any atom is -0.197 e. The summed E-state index contributed by atoms with van der Waals surface area (Å²) in [5.41, 5.74) is 3.28. The van der Waals surface area contributed by atoms with Crippen LogP contribution in [-0.2, 0) is 0 Å². The number of hydrogen-bond donors (Lipinski definition) is 0. The lowest BCUT2D eigenvalue weighted by Gasteiger charge is -2.21. The first-order chi connectivity index (χ1) is 5.70. The Kier molecular flexibility index (Phi) is 10.4. The van der Waals surface area contributed by atoms with E-state index in [1.807, 2.05) is 13.8 Å². The molecule has 0 saturated heterocycles. The van der Waals surface area contributed by atoms with Crippen molar-refractivity contribution in [3.63, 3.8) is 0 Å². The van der Waals surface area contributed by atoms with E-state index in [2.05, 4.69) is 20.8 Å². The van der Waals surface area contributed by atoms with Gasteiger partial charge in [-0.25, -0.2) is 0 Å². The topological polar surface area (TPSA) is 0 Å². The van der Waals surface area contributed by atoms with Gasteiger partial charge in [0.25, 0.3) is 0 Å². The zero-order chi connectivity index (χ0) is 9.56. The quantitative estimate of drug-likeness (QED) is 0.501. The fourth-order valence-corrected chi connectivity index (χ4v) is 1.61. The Balaban J connectivity index is 0. The molecule has 80 valence electrons. The van der Waals surface area contributed by atoms with Gasteiger partial charge in [0, 0.05) is 0 Å². The van der Waals surface area contributed by atoms with Crippen LogP contribution in [0.4, 0.5) is 0 Å². The van der Waals surface area contributed by atoms with Crippen molar-refractivity contribution in [3.8, 4) is 0 Å². The van der Waals surface area contributed by atoms with E-state index in [9.17, 15) is 0 Å². The molecule has 0 aliphatic heterocycles. The van der Waals surface area contributed by atoms with Gasteiger partial charge in [0.1, 0.15) is 0 Å². The molecule has 1 aliphatic carbocycles. The minimum atomic E-state index is 0. The van der Waals surface area contributed by atoms with Crippen molar-refractivity contribution < 1.29 is 0 Å². The third kappa shape index (κ3) is 6.20. The highest BCUT2D eigenvalue weighted by Crippen LogP contribution is 2.29. The molecule has 0 amide bonds. The third-order valence-corrected chi connectivity index (χ3v) is 2.58. The highest BCUT2D eigenvalue weighted by atomic mass is 32.1. The van der Waals surface area contributed by atoms with Crippen molar-refractivity contribution in [1.29, 1.82) is 0 Å². The minimum absolute atomic E-state index is 0. The molecule has 1 aliphatic rings. The summed E-state index contributed by atoms with van der Waals surface area (Å²) in [6, 6.07) is 0. The van der Waals surface area contributed by atoms with Crippen LogP contribution >= 0.6 is 13.5 Å². The monoisotopic (exact) mass is 202 g/mol. The van der Waals surface area contributed by atoms with Crippen LogP contribution in [0.25, 0.3) is 0 Å². The Bertz CT molecular complexity index is 133. The third-order valence-electron chi connectivity index (χ3n) is 2.58. The Morgan fingerprint density at radius 2 is 1.46 bits per heavy atom. The molecule has 0 unspecified atom stereocenters. The summed E-state index contributed by atoms with van der Waals surface area (Å²) in [5, 5.41) is 0. The summed E-state index contributed by atoms with van der Waals surface area (Å²) < 4.78 is 0. The molecule has 13 heavy (non-hydrogen) atoms. The average Bonchev–Trinajstić information content (AvgIpc) is 2.09. The van der Waals surface area contributed by atoms with Gasteiger partial charge in [-0.05, 0) is 45.4 Å². The van der Waals surface area contributed by atoms with Gasteiger partial charge in [-0.3, -0.25) is 0 Å². The summed E-state index contributed by atoms with van der Waals surface area (Å²) in [5.74, 6) is 0.975. The molecule has 0 atom stereocenters. The Hall–Kier alpha value is 0.0900. The fourth-order valence-electron chi connectivity index (χ4n) is 1.61. The van der Waals surface area contributed by atoms with Crippen LogP contribution in [-0.4, -0.2) is 0 Å². The van der Waals surface area contributed by atoms with Gasteiger partial charge >= 0.3 is 0 Å². The van der Waals surface area contributed by atoms with Gasteiger partial charge < -0.3 is 0 Å². The van der Waals surface area contributed by atoms with E-state index in [0.29, 0.717) is 0 Å². The summed E-state index contributed by atoms with van der Waals surface area (Å²) >= 11 is 0. The van der Waals surface area contributed by atoms with E-state index in [4.69, 9.17) is 0 Å². The summed E-state index contributed by atoms with van der Waals surface area (Å²) in [4.78, 5) is 0. The van der Waals surface area contributed by atoms with E-state index in [-0.39, 0.29) is 13.5 Å². The van der Waals surface area contributed by atoms with E-state index in [1.165, 1.54) is 25.7 Å². The molecule has 0 aromatic carbocycles. The van der Waals surface area contributed by atoms with Crippen LogP contribution in [0.5, 0.6) is 0 Å². The number of rotatable bonds is 0. The van der Waals surface area contributed by atoms with Gasteiger partial charge in [0.05, 0.1) is 0 Å². The molecule has 0 spiro atoms. The van der Waals surface area contributed by atoms with Crippen LogP contribution in [0.15, 0.2) is 11.1 Å². The summed E-state index contributed by atoms with van der Waals surface area (Å²) in [6.07, 6.45) is 5.56. The smallest absolute Gasteiger partial charge is 0.0315 e. The van der Waals surface area contributed by atoms with E-state index < -0.39 is 0 Å². The van der Waals surface area contributed by atoms with Crippen molar-refractivity contribution in [2.75, 3.05) is 0 Å². The van der Waals surface area contributed by atoms with Crippen LogP contribution in [0.1, 0.15) is 60.3 Å². The van der Waals surface area contributed by atoms with Gasteiger partial charge in [0.15, 0.2) is 0 Å². The molecule has 1 fully saturated rings. The molecule has 0 bridgehead atoms. The highest BCUT2D eigenvalue weighted by molar-refractivity contribution is 7.59. The maximum atomic E-state index is 2.36. The van der Waals surface area contributed by atoms with Crippen LogP contribution < -0.4 is 0 Å². The predicted molar refractivity (Wildman–Crippen MR) is 67.7 cm³/mol. The van der Waals surface area contributed by atoms with Crippen molar-refractivity contribution in [2.24, 2.45) is 5.92 Å². The average molecular weight is 202 g/mol. The van der Waals surface area contributed by atoms with Gasteiger partial charge in [0.2, 0.25) is 0 Å². The second-order valence-corrected chi connectivity index (χ2v) is 3.79. The largest absolute Gasteiger partial charge is 0.197 e. The van der Waals surface area contributed by atoms with E-state index >= 15 is 0 Å². The van der Waals surface area contributed by atoms with Crippen LogP contribution in [0, 0.1) is 5.92 Å². The SMILES string of the molecule is CC.CC(C)=C1CCC(C)CC1.S. The first-order valence-corrected chi connectivity index (χ1v) is 5.35. The Morgan fingerprint density at radius 1 is 1.08 bits per heavy atom. The lowest BCUT2D eigenvalue weighted by molar-refractivity contribution is 0.441. The highest BCUT2D eigenvalue weighted by Gasteiger charge is 2.12. The summed E-state index contributed by atoms with van der Waals surface area (Å²) in [7, 11) is 0. The molecule has 1 heteroatoms. The predicted octanol–water partition coefficient (Wildman–Crippen LogP) is 4.67. The maximum Gasteiger partial charge on any atom is -0.0315 e. The zero-order valence-electron chi connectivity index (χ0n) is 9.91. The van der Waals surface area contributed by atoms with E-state index in [0.717, 1.165) is 5.92 Å². The van der Waals surface area contributed by atoms with Gasteiger partial charge in [-0.15, -0.1) is 0 Å². The van der Waals surface area contributed by atoms with E-state index in [1.54, 1.807) is 11.1 Å². The van der Waals surface area contributed by atoms with Gasteiger partial charge in [-0.2, -0.15) is 13.5 Å². The lowest BCUT2D eigenvalue weighted by Crippen LogP contribution is -2.04. The number of hydrogen-bond acceptors (Lipinski definition) is 0. The first-order valence-electron chi connectivity index (χ1n) is 5.35. The van der Waals surface area contributed by atoms with Crippen molar-refractivity contribution in [3.05, 3.63) is 11.1 Å². The molecule has 0 heterocycles. The van der Waals surface area contributed by atoms with Crippen molar-refractivity contribution in [2.45, 2.75) is 60.3 Å². The lowest BCUT2D eigenvalue weighted by atomic mass is 9.85. The van der Waals surface area contributed by atoms with Crippen molar-refractivity contribution >= 4 is 13.5 Å². The summed E-state index contributed by atoms with van der Waals surface area (Å²) in [6.45, 7) is 10.8. The van der Waals surface area contributed by atoms with Crippen LogP contribution in [0.2, 0.25) is 0 Å². The molecule has 0 nitrogen and oxygen atoms in total. The van der Waals surface area contributed by atoms with Crippen LogP contribution in [0.3, 0.4) is 0 Å². The molecular weight excluding hydrogens is 176 g/mol. The molecule has 0 radical (unpaired) electrons. The molecule has 0 aromatic rings. The molecule has 1 saturated carbocycles. The first kappa shape index (κ1) is 15.6. The Morgan fingerprint density at radius 3 is 1.77 bits per heavy atom. The molecule has 0 aromatic heterocycles. The molecular formula is C12H26S. The zero-order valence-corrected chi connectivity index (χ0v) is 10.9. The second kappa shape index (κ2) is 8.68. The normalized spacial score (nSPS) is 21.0. The maximum absolute atomic E-state index is 2.36.